The molecule has 1 aliphatic heterocycles. The van der Waals surface area contributed by atoms with Gasteiger partial charge in [-0.25, -0.2) is 9.48 Å². The highest BCUT2D eigenvalue weighted by Crippen LogP contribution is 2.19. The van der Waals surface area contributed by atoms with Gasteiger partial charge in [0.1, 0.15) is 0 Å². The van der Waals surface area contributed by atoms with E-state index in [1.807, 2.05) is 4.90 Å². The molecule has 0 amide bonds. The summed E-state index contributed by atoms with van der Waals surface area (Å²) < 4.78 is 6.23. The van der Waals surface area contributed by atoms with Crippen LogP contribution in [0.4, 0.5) is 5.69 Å². The Bertz CT molecular complexity index is 528. The standard InChI is InChI=1S/C12H17N3O4/c1-8(12(17)18)15-11(16)5-9(6-13-15)14-4-3-10(7-14)19-2/h5-6,8,10H,3-4,7H2,1-2H3,(H,17,18). The van der Waals surface area contributed by atoms with E-state index in [1.54, 1.807) is 7.11 Å². The van der Waals surface area contributed by atoms with Gasteiger partial charge in [-0.15, -0.1) is 0 Å². The lowest BCUT2D eigenvalue weighted by atomic mass is 10.3. The van der Waals surface area contributed by atoms with Crippen molar-refractivity contribution >= 4 is 11.7 Å². The number of aliphatic carboxylic acids is 1. The van der Waals surface area contributed by atoms with E-state index in [0.717, 1.165) is 24.2 Å². The molecule has 19 heavy (non-hydrogen) atoms. The highest BCUT2D eigenvalue weighted by Gasteiger charge is 2.23. The van der Waals surface area contributed by atoms with E-state index in [4.69, 9.17) is 9.84 Å². The molecule has 0 aliphatic carbocycles. The van der Waals surface area contributed by atoms with Gasteiger partial charge in [-0.3, -0.25) is 4.79 Å². The summed E-state index contributed by atoms with van der Waals surface area (Å²) >= 11 is 0. The second kappa shape index (κ2) is 5.40. The van der Waals surface area contributed by atoms with E-state index in [0.29, 0.717) is 5.69 Å². The molecule has 0 aromatic carbocycles. The summed E-state index contributed by atoms with van der Waals surface area (Å²) in [4.78, 5) is 24.7. The highest BCUT2D eigenvalue weighted by molar-refractivity contribution is 5.71. The number of carbonyl (C=O) groups is 1. The van der Waals surface area contributed by atoms with E-state index in [1.165, 1.54) is 19.2 Å². The molecule has 1 N–H and O–H groups in total. The largest absolute Gasteiger partial charge is 0.480 e. The van der Waals surface area contributed by atoms with Crippen LogP contribution in [0.3, 0.4) is 0 Å². The normalized spacial score (nSPS) is 20.5. The molecule has 7 nitrogen and oxygen atoms in total. The van der Waals surface area contributed by atoms with E-state index >= 15 is 0 Å². The second-order valence-electron chi connectivity index (χ2n) is 4.60. The first kappa shape index (κ1) is 13.5. The van der Waals surface area contributed by atoms with Gasteiger partial charge in [0.15, 0.2) is 6.04 Å². The summed E-state index contributed by atoms with van der Waals surface area (Å²) in [6.07, 6.45) is 2.60. The van der Waals surface area contributed by atoms with Gasteiger partial charge in [0.25, 0.3) is 5.56 Å². The Morgan fingerprint density at radius 1 is 1.63 bits per heavy atom. The number of aromatic nitrogens is 2. The van der Waals surface area contributed by atoms with Crippen LogP contribution in [0.15, 0.2) is 17.1 Å². The number of nitrogens with zero attached hydrogens (tertiary/aromatic N) is 3. The van der Waals surface area contributed by atoms with Crippen molar-refractivity contribution < 1.29 is 14.6 Å². The first-order chi connectivity index (χ1) is 9.02. The predicted octanol–water partition coefficient (Wildman–Crippen LogP) is 0.114. The Hall–Kier alpha value is -1.89. The summed E-state index contributed by atoms with van der Waals surface area (Å²) in [7, 11) is 1.67. The lowest BCUT2D eigenvalue weighted by molar-refractivity contribution is -0.140. The molecule has 2 unspecified atom stereocenters. The zero-order valence-electron chi connectivity index (χ0n) is 10.9. The van der Waals surface area contributed by atoms with Gasteiger partial charge in [0.2, 0.25) is 0 Å². The molecule has 0 spiro atoms. The third-order valence-electron chi connectivity index (χ3n) is 3.38. The van der Waals surface area contributed by atoms with Crippen molar-refractivity contribution in [2.75, 3.05) is 25.1 Å². The second-order valence-corrected chi connectivity index (χ2v) is 4.60. The monoisotopic (exact) mass is 267 g/mol. The van der Waals surface area contributed by atoms with Crippen molar-refractivity contribution in [1.82, 2.24) is 9.78 Å². The first-order valence-electron chi connectivity index (χ1n) is 6.12. The molecule has 0 saturated carbocycles. The van der Waals surface area contributed by atoms with Crippen molar-refractivity contribution in [3.63, 3.8) is 0 Å². The molecule has 0 radical (unpaired) electrons. The summed E-state index contributed by atoms with van der Waals surface area (Å²) in [5, 5.41) is 12.8. The number of carboxylic acid groups (broad SMARTS) is 1. The molecule has 104 valence electrons. The maximum absolute atomic E-state index is 11.9. The topological polar surface area (TPSA) is 84.7 Å². The van der Waals surface area contributed by atoms with E-state index < -0.39 is 17.6 Å². The van der Waals surface area contributed by atoms with Crippen LogP contribution < -0.4 is 10.5 Å². The van der Waals surface area contributed by atoms with Crippen molar-refractivity contribution in [2.24, 2.45) is 0 Å². The van der Waals surface area contributed by atoms with Crippen LogP contribution in [0.2, 0.25) is 0 Å². The van der Waals surface area contributed by atoms with Gasteiger partial charge >= 0.3 is 5.97 Å². The van der Waals surface area contributed by atoms with Crippen molar-refractivity contribution in [3.8, 4) is 0 Å². The maximum Gasteiger partial charge on any atom is 0.328 e. The van der Waals surface area contributed by atoms with E-state index in [2.05, 4.69) is 5.10 Å². The average Bonchev–Trinajstić information content (AvgIpc) is 2.86. The van der Waals surface area contributed by atoms with Gasteiger partial charge in [0, 0.05) is 26.3 Å². The zero-order valence-corrected chi connectivity index (χ0v) is 10.9. The number of ether oxygens (including phenoxy) is 1. The minimum Gasteiger partial charge on any atom is -0.480 e. The summed E-state index contributed by atoms with van der Waals surface area (Å²) in [5.74, 6) is -1.08. The Morgan fingerprint density at radius 3 is 2.89 bits per heavy atom. The van der Waals surface area contributed by atoms with Gasteiger partial charge in [-0.2, -0.15) is 5.10 Å². The quantitative estimate of drug-likeness (QED) is 0.833. The molecule has 1 aromatic rings. The minimum atomic E-state index is -1.08. The third kappa shape index (κ3) is 2.76. The first-order valence-corrected chi connectivity index (χ1v) is 6.12. The molecule has 1 aliphatic rings. The van der Waals surface area contributed by atoms with Crippen LogP contribution in [0, 0.1) is 0 Å². The molecular weight excluding hydrogens is 250 g/mol. The van der Waals surface area contributed by atoms with Crippen molar-refractivity contribution in [1.29, 1.82) is 0 Å². The van der Waals surface area contributed by atoms with Crippen LogP contribution in [0.5, 0.6) is 0 Å². The fourth-order valence-corrected chi connectivity index (χ4v) is 2.13. The smallest absolute Gasteiger partial charge is 0.328 e. The van der Waals surface area contributed by atoms with Crippen LogP contribution in [-0.4, -0.2) is 47.2 Å². The van der Waals surface area contributed by atoms with Crippen LogP contribution in [0.25, 0.3) is 0 Å². The number of methoxy groups -OCH3 is 1. The van der Waals surface area contributed by atoms with Crippen LogP contribution in [0.1, 0.15) is 19.4 Å². The van der Waals surface area contributed by atoms with E-state index in [9.17, 15) is 9.59 Å². The lowest BCUT2D eigenvalue weighted by Crippen LogP contribution is -2.31. The molecule has 2 rings (SSSR count). The van der Waals surface area contributed by atoms with Crippen molar-refractivity contribution in [2.45, 2.75) is 25.5 Å². The molecule has 1 aromatic heterocycles. The van der Waals surface area contributed by atoms with Gasteiger partial charge in [-0.1, -0.05) is 0 Å². The van der Waals surface area contributed by atoms with Crippen LogP contribution >= 0.6 is 0 Å². The molecule has 1 fully saturated rings. The molecule has 2 atom stereocenters. The minimum absolute atomic E-state index is 0.167. The fraction of sp³-hybridized carbons (Fsp3) is 0.583. The Kier molecular flexibility index (Phi) is 3.84. The maximum atomic E-state index is 11.9. The van der Waals surface area contributed by atoms with Gasteiger partial charge in [-0.05, 0) is 13.3 Å². The number of hydrogen-bond donors (Lipinski definition) is 1. The van der Waals surface area contributed by atoms with Gasteiger partial charge in [0.05, 0.1) is 18.0 Å². The summed E-state index contributed by atoms with van der Waals surface area (Å²) in [6.45, 7) is 2.95. The average molecular weight is 267 g/mol. The van der Waals surface area contributed by atoms with Crippen LogP contribution in [-0.2, 0) is 9.53 Å². The highest BCUT2D eigenvalue weighted by atomic mass is 16.5. The predicted molar refractivity (Wildman–Crippen MR) is 68.5 cm³/mol. The van der Waals surface area contributed by atoms with E-state index in [-0.39, 0.29) is 6.10 Å². The molecule has 7 heteroatoms. The zero-order chi connectivity index (χ0) is 14.0. The molecule has 0 bridgehead atoms. The Morgan fingerprint density at radius 2 is 2.37 bits per heavy atom. The summed E-state index contributed by atoms with van der Waals surface area (Å²) in [5.41, 5.74) is 0.298. The lowest BCUT2D eigenvalue weighted by Gasteiger charge is -2.18. The number of rotatable bonds is 4. The number of carboxylic acids is 1. The SMILES string of the molecule is COC1CCN(c2cnn(C(C)C(=O)O)c(=O)c2)C1. The van der Waals surface area contributed by atoms with Crippen molar-refractivity contribution in [3.05, 3.63) is 22.6 Å². The summed E-state index contributed by atoms with van der Waals surface area (Å²) in [6, 6.07) is 0.455. The third-order valence-corrected chi connectivity index (χ3v) is 3.38. The number of hydrogen-bond acceptors (Lipinski definition) is 5. The Labute approximate surface area is 110 Å². The molecule has 2 heterocycles. The molecule has 1 saturated heterocycles. The fourth-order valence-electron chi connectivity index (χ4n) is 2.13. The number of anilines is 1. The molecular formula is C12H17N3O4. The van der Waals surface area contributed by atoms with Gasteiger partial charge < -0.3 is 14.7 Å². The Balaban J connectivity index is 2.20.